The molecule has 108 valence electrons. The normalized spacial score (nSPS) is 11.0. The first-order valence-corrected chi connectivity index (χ1v) is 7.34. The standard InChI is InChI=1S/C16H17ClN4/c1-20(10-12-9-18-21(2)11-12)16-7-13(8-17)19-15-6-4-3-5-14(15)16/h3-7,9,11H,8,10H2,1-2H3. The third-order valence-electron chi connectivity index (χ3n) is 3.47. The van der Waals surface area contributed by atoms with E-state index in [1.807, 2.05) is 42.3 Å². The van der Waals surface area contributed by atoms with Crippen molar-refractivity contribution in [3.8, 4) is 0 Å². The van der Waals surface area contributed by atoms with Crippen LogP contribution in [0.3, 0.4) is 0 Å². The molecule has 0 N–H and O–H groups in total. The summed E-state index contributed by atoms with van der Waals surface area (Å²) < 4.78 is 1.82. The molecule has 0 fully saturated rings. The Labute approximate surface area is 129 Å². The summed E-state index contributed by atoms with van der Waals surface area (Å²) in [5, 5.41) is 5.35. The Morgan fingerprint density at radius 2 is 2.10 bits per heavy atom. The minimum absolute atomic E-state index is 0.415. The molecule has 0 saturated carbocycles. The van der Waals surface area contributed by atoms with Gasteiger partial charge in [-0.15, -0.1) is 11.6 Å². The summed E-state index contributed by atoms with van der Waals surface area (Å²) in [6, 6.07) is 10.2. The van der Waals surface area contributed by atoms with Crippen LogP contribution in [0.5, 0.6) is 0 Å². The van der Waals surface area contributed by atoms with Crippen molar-refractivity contribution >= 4 is 28.2 Å². The fraction of sp³-hybridized carbons (Fsp3) is 0.250. The zero-order chi connectivity index (χ0) is 14.8. The molecule has 3 aromatic rings. The molecule has 0 unspecified atom stereocenters. The Hall–Kier alpha value is -2.07. The molecule has 4 nitrogen and oxygen atoms in total. The topological polar surface area (TPSA) is 34.0 Å². The van der Waals surface area contributed by atoms with Crippen LogP contribution in [0.1, 0.15) is 11.3 Å². The number of aryl methyl sites for hydroxylation is 1. The summed E-state index contributed by atoms with van der Waals surface area (Å²) in [5.41, 5.74) is 4.18. The Morgan fingerprint density at radius 3 is 2.81 bits per heavy atom. The first-order chi connectivity index (χ1) is 10.2. The quantitative estimate of drug-likeness (QED) is 0.693. The van der Waals surface area contributed by atoms with Crippen molar-refractivity contribution in [2.45, 2.75) is 12.4 Å². The fourth-order valence-corrected chi connectivity index (χ4v) is 2.64. The molecule has 21 heavy (non-hydrogen) atoms. The number of para-hydroxylation sites is 1. The lowest BCUT2D eigenvalue weighted by Gasteiger charge is -2.21. The van der Waals surface area contributed by atoms with Crippen molar-refractivity contribution in [2.24, 2.45) is 7.05 Å². The maximum absolute atomic E-state index is 5.97. The molecular weight excluding hydrogens is 284 g/mol. The van der Waals surface area contributed by atoms with Gasteiger partial charge in [0.05, 0.1) is 23.3 Å². The van der Waals surface area contributed by atoms with Gasteiger partial charge in [0, 0.05) is 43.5 Å². The molecule has 3 rings (SSSR count). The van der Waals surface area contributed by atoms with Gasteiger partial charge < -0.3 is 4.90 Å². The number of fused-ring (bicyclic) bond motifs is 1. The molecule has 2 heterocycles. The Morgan fingerprint density at radius 1 is 1.29 bits per heavy atom. The summed E-state index contributed by atoms with van der Waals surface area (Å²) in [7, 11) is 4.00. The molecule has 1 aromatic carbocycles. The molecule has 0 saturated heterocycles. The highest BCUT2D eigenvalue weighted by atomic mass is 35.5. The van der Waals surface area contributed by atoms with Gasteiger partial charge in [0.15, 0.2) is 0 Å². The van der Waals surface area contributed by atoms with Crippen molar-refractivity contribution in [1.82, 2.24) is 14.8 Å². The van der Waals surface area contributed by atoms with Gasteiger partial charge in [-0.25, -0.2) is 0 Å². The number of pyridine rings is 1. The van der Waals surface area contributed by atoms with Crippen LogP contribution in [0.2, 0.25) is 0 Å². The molecular formula is C16H17ClN4. The van der Waals surface area contributed by atoms with Crippen LogP contribution in [0.25, 0.3) is 10.9 Å². The van der Waals surface area contributed by atoms with E-state index in [1.54, 1.807) is 0 Å². The summed E-state index contributed by atoms with van der Waals surface area (Å²) >= 11 is 5.97. The lowest BCUT2D eigenvalue weighted by atomic mass is 10.1. The van der Waals surface area contributed by atoms with Gasteiger partial charge >= 0.3 is 0 Å². The first kappa shape index (κ1) is 13.9. The highest BCUT2D eigenvalue weighted by Crippen LogP contribution is 2.27. The highest BCUT2D eigenvalue weighted by Gasteiger charge is 2.10. The number of benzene rings is 1. The monoisotopic (exact) mass is 300 g/mol. The van der Waals surface area contributed by atoms with Crippen molar-refractivity contribution in [1.29, 1.82) is 0 Å². The average molecular weight is 301 g/mol. The van der Waals surface area contributed by atoms with Crippen molar-refractivity contribution in [2.75, 3.05) is 11.9 Å². The van der Waals surface area contributed by atoms with E-state index in [-0.39, 0.29) is 0 Å². The zero-order valence-corrected chi connectivity index (χ0v) is 12.9. The number of nitrogens with zero attached hydrogens (tertiary/aromatic N) is 4. The third kappa shape index (κ3) is 2.85. The molecule has 0 aliphatic rings. The number of hydrogen-bond acceptors (Lipinski definition) is 3. The maximum atomic E-state index is 5.97. The lowest BCUT2D eigenvalue weighted by Crippen LogP contribution is -2.17. The number of halogens is 1. The van der Waals surface area contributed by atoms with E-state index in [0.29, 0.717) is 5.88 Å². The molecule has 0 amide bonds. The Kier molecular flexibility index (Phi) is 3.80. The van der Waals surface area contributed by atoms with Gasteiger partial charge in [0.2, 0.25) is 0 Å². The predicted molar refractivity (Wildman–Crippen MR) is 86.6 cm³/mol. The number of hydrogen-bond donors (Lipinski definition) is 0. The summed E-state index contributed by atoms with van der Waals surface area (Å²) in [6.07, 6.45) is 3.92. The smallest absolute Gasteiger partial charge is 0.0726 e. The predicted octanol–water partition coefficient (Wildman–Crippen LogP) is 3.34. The maximum Gasteiger partial charge on any atom is 0.0726 e. The van der Waals surface area contributed by atoms with Gasteiger partial charge in [-0.3, -0.25) is 9.67 Å². The van der Waals surface area contributed by atoms with Gasteiger partial charge in [-0.05, 0) is 12.1 Å². The second-order valence-corrected chi connectivity index (χ2v) is 5.43. The van der Waals surface area contributed by atoms with Crippen LogP contribution < -0.4 is 4.90 Å². The minimum Gasteiger partial charge on any atom is -0.370 e. The van der Waals surface area contributed by atoms with Gasteiger partial charge in [0.1, 0.15) is 0 Å². The van der Waals surface area contributed by atoms with E-state index in [2.05, 4.69) is 34.2 Å². The molecule has 0 bridgehead atoms. The first-order valence-electron chi connectivity index (χ1n) is 6.80. The van der Waals surface area contributed by atoms with Gasteiger partial charge in [-0.2, -0.15) is 5.10 Å². The Balaban J connectivity index is 2.01. The molecule has 0 atom stereocenters. The molecule has 0 spiro atoms. The van der Waals surface area contributed by atoms with Crippen LogP contribution in [0, 0.1) is 0 Å². The van der Waals surface area contributed by atoms with Gasteiger partial charge in [-0.1, -0.05) is 18.2 Å². The number of aromatic nitrogens is 3. The highest BCUT2D eigenvalue weighted by molar-refractivity contribution is 6.17. The van der Waals surface area contributed by atoms with Crippen LogP contribution >= 0.6 is 11.6 Å². The summed E-state index contributed by atoms with van der Waals surface area (Å²) in [5.74, 6) is 0.415. The number of anilines is 1. The second-order valence-electron chi connectivity index (χ2n) is 5.16. The minimum atomic E-state index is 0.415. The van der Waals surface area contributed by atoms with Crippen molar-refractivity contribution in [3.63, 3.8) is 0 Å². The number of alkyl halides is 1. The molecule has 0 aliphatic carbocycles. The van der Waals surface area contributed by atoms with E-state index in [0.717, 1.165) is 28.8 Å². The van der Waals surface area contributed by atoms with E-state index in [4.69, 9.17) is 11.6 Å². The molecule has 5 heteroatoms. The second kappa shape index (κ2) is 5.74. The largest absolute Gasteiger partial charge is 0.370 e. The van der Waals surface area contributed by atoms with Crippen molar-refractivity contribution in [3.05, 3.63) is 54.0 Å². The van der Waals surface area contributed by atoms with E-state index < -0.39 is 0 Å². The average Bonchev–Trinajstić information content (AvgIpc) is 2.91. The van der Waals surface area contributed by atoms with Crippen LogP contribution in [-0.2, 0) is 19.5 Å². The molecule has 0 radical (unpaired) electrons. The van der Waals surface area contributed by atoms with Crippen LogP contribution in [0.4, 0.5) is 5.69 Å². The lowest BCUT2D eigenvalue weighted by molar-refractivity contribution is 0.766. The zero-order valence-electron chi connectivity index (χ0n) is 12.1. The van der Waals surface area contributed by atoms with Crippen LogP contribution in [-0.4, -0.2) is 21.8 Å². The fourth-order valence-electron chi connectivity index (χ4n) is 2.51. The number of rotatable bonds is 4. The van der Waals surface area contributed by atoms with Crippen LogP contribution in [0.15, 0.2) is 42.7 Å². The third-order valence-corrected chi connectivity index (χ3v) is 3.75. The molecule has 2 aromatic heterocycles. The Bertz CT molecular complexity index is 766. The van der Waals surface area contributed by atoms with E-state index in [1.165, 1.54) is 5.56 Å². The summed E-state index contributed by atoms with van der Waals surface area (Å²) in [4.78, 5) is 6.78. The SMILES string of the molecule is CN(Cc1cnn(C)c1)c1cc(CCl)nc2ccccc12. The van der Waals surface area contributed by atoms with E-state index in [9.17, 15) is 0 Å². The summed E-state index contributed by atoms with van der Waals surface area (Å²) in [6.45, 7) is 0.795. The molecule has 0 aliphatic heterocycles. The van der Waals surface area contributed by atoms with E-state index >= 15 is 0 Å². The van der Waals surface area contributed by atoms with Gasteiger partial charge in [0.25, 0.3) is 0 Å². The van der Waals surface area contributed by atoms with Crippen molar-refractivity contribution < 1.29 is 0 Å².